The molecule has 0 atom stereocenters. The Morgan fingerprint density at radius 1 is 1.35 bits per heavy atom. The lowest BCUT2D eigenvalue weighted by molar-refractivity contribution is -0.384. The van der Waals surface area contributed by atoms with Crippen LogP contribution in [0.4, 0.5) is 11.4 Å². The summed E-state index contributed by atoms with van der Waals surface area (Å²) in [5, 5.41) is 20.0. The minimum atomic E-state index is -1.13. The Balaban J connectivity index is 2.34. The molecule has 2 rings (SSSR count). The maximum atomic E-state index is 11.3. The molecule has 1 aliphatic rings. The van der Waals surface area contributed by atoms with Gasteiger partial charge in [0, 0.05) is 25.2 Å². The minimum absolute atomic E-state index is 0.00715. The first-order valence-electron chi connectivity index (χ1n) is 6.75. The topological polar surface area (TPSA) is 83.7 Å². The summed E-state index contributed by atoms with van der Waals surface area (Å²) in [4.78, 5) is 23.5. The maximum absolute atomic E-state index is 11.3. The van der Waals surface area contributed by atoms with Crippen molar-refractivity contribution in [1.29, 1.82) is 0 Å². The quantitative estimate of drug-likeness (QED) is 0.676. The Labute approximate surface area is 117 Å². The second-order valence-corrected chi connectivity index (χ2v) is 5.17. The predicted molar refractivity (Wildman–Crippen MR) is 75.3 cm³/mol. The standard InChI is InChI=1S/C14H18N2O4/c1-15(10-5-3-2-4-6-10)13-8-7-11(16(19)20)9-12(13)14(17)18/h7-10H,2-6H2,1H3,(H,17,18). The number of carbonyl (C=O) groups is 1. The van der Waals surface area contributed by atoms with E-state index in [9.17, 15) is 20.0 Å². The summed E-state index contributed by atoms with van der Waals surface area (Å²) in [5.74, 6) is -1.13. The molecule has 1 aliphatic carbocycles. The molecule has 1 saturated carbocycles. The fraction of sp³-hybridized carbons (Fsp3) is 0.500. The van der Waals surface area contributed by atoms with Gasteiger partial charge in [-0.05, 0) is 18.9 Å². The molecule has 6 heteroatoms. The van der Waals surface area contributed by atoms with Gasteiger partial charge in [0.15, 0.2) is 0 Å². The van der Waals surface area contributed by atoms with Crippen LogP contribution in [0.1, 0.15) is 42.5 Å². The largest absolute Gasteiger partial charge is 0.478 e. The van der Waals surface area contributed by atoms with Crippen LogP contribution in [0.25, 0.3) is 0 Å². The molecule has 0 aliphatic heterocycles. The van der Waals surface area contributed by atoms with Crippen LogP contribution in [0.2, 0.25) is 0 Å². The van der Waals surface area contributed by atoms with Gasteiger partial charge in [0.05, 0.1) is 16.2 Å². The molecule has 0 heterocycles. The number of carboxylic acids is 1. The van der Waals surface area contributed by atoms with E-state index in [1.807, 2.05) is 11.9 Å². The van der Waals surface area contributed by atoms with Gasteiger partial charge in [-0.3, -0.25) is 10.1 Å². The highest BCUT2D eigenvalue weighted by Gasteiger charge is 2.24. The molecule has 6 nitrogen and oxygen atoms in total. The van der Waals surface area contributed by atoms with Gasteiger partial charge in [-0.1, -0.05) is 19.3 Å². The number of hydrogen-bond acceptors (Lipinski definition) is 4. The molecule has 0 radical (unpaired) electrons. The van der Waals surface area contributed by atoms with E-state index < -0.39 is 10.9 Å². The van der Waals surface area contributed by atoms with Crippen molar-refractivity contribution in [2.24, 2.45) is 0 Å². The number of anilines is 1. The van der Waals surface area contributed by atoms with Gasteiger partial charge in [-0.2, -0.15) is 0 Å². The first-order valence-corrected chi connectivity index (χ1v) is 6.75. The number of non-ortho nitro benzene ring substituents is 1. The van der Waals surface area contributed by atoms with Crippen LogP contribution in [0.3, 0.4) is 0 Å². The van der Waals surface area contributed by atoms with E-state index in [0.717, 1.165) is 31.7 Å². The fourth-order valence-electron chi connectivity index (χ4n) is 2.78. The summed E-state index contributed by atoms with van der Waals surface area (Å²) < 4.78 is 0. The average molecular weight is 278 g/mol. The van der Waals surface area contributed by atoms with Gasteiger partial charge < -0.3 is 10.0 Å². The second-order valence-electron chi connectivity index (χ2n) is 5.17. The van der Waals surface area contributed by atoms with Crippen LogP contribution in [-0.4, -0.2) is 29.1 Å². The SMILES string of the molecule is CN(c1ccc([N+](=O)[O-])cc1C(=O)O)C1CCCCC1. The van der Waals surface area contributed by atoms with E-state index >= 15 is 0 Å². The number of aromatic carboxylic acids is 1. The monoisotopic (exact) mass is 278 g/mol. The molecule has 1 aromatic rings. The van der Waals surface area contributed by atoms with Gasteiger partial charge in [-0.25, -0.2) is 4.79 Å². The number of nitrogens with zero attached hydrogens (tertiary/aromatic N) is 2. The Hall–Kier alpha value is -2.11. The van der Waals surface area contributed by atoms with Gasteiger partial charge in [0.1, 0.15) is 0 Å². The first-order chi connectivity index (χ1) is 9.50. The lowest BCUT2D eigenvalue weighted by Gasteiger charge is -2.33. The third-order valence-corrected chi connectivity index (χ3v) is 3.92. The molecular weight excluding hydrogens is 260 g/mol. The molecule has 0 unspecified atom stereocenters. The molecule has 0 spiro atoms. The van der Waals surface area contributed by atoms with Crippen molar-refractivity contribution >= 4 is 17.3 Å². The third kappa shape index (κ3) is 2.89. The van der Waals surface area contributed by atoms with Crippen LogP contribution in [0.5, 0.6) is 0 Å². The molecule has 0 bridgehead atoms. The van der Waals surface area contributed by atoms with Crippen molar-refractivity contribution in [3.05, 3.63) is 33.9 Å². The van der Waals surface area contributed by atoms with Crippen LogP contribution < -0.4 is 4.90 Å². The summed E-state index contributed by atoms with van der Waals surface area (Å²) in [6.45, 7) is 0. The van der Waals surface area contributed by atoms with Crippen molar-refractivity contribution in [3.8, 4) is 0 Å². The molecule has 0 saturated heterocycles. The highest BCUT2D eigenvalue weighted by molar-refractivity contribution is 5.95. The van der Waals surface area contributed by atoms with Gasteiger partial charge >= 0.3 is 5.97 Å². The van der Waals surface area contributed by atoms with E-state index in [0.29, 0.717) is 11.7 Å². The highest BCUT2D eigenvalue weighted by Crippen LogP contribution is 2.30. The molecule has 1 fully saturated rings. The van der Waals surface area contributed by atoms with Crippen LogP contribution in [0, 0.1) is 10.1 Å². The van der Waals surface area contributed by atoms with Crippen molar-refractivity contribution in [3.63, 3.8) is 0 Å². The Bertz CT molecular complexity index is 524. The zero-order valence-electron chi connectivity index (χ0n) is 11.4. The summed E-state index contributed by atoms with van der Waals surface area (Å²) in [7, 11) is 1.86. The van der Waals surface area contributed by atoms with Crippen LogP contribution in [-0.2, 0) is 0 Å². The zero-order chi connectivity index (χ0) is 14.7. The number of nitro benzene ring substituents is 1. The van der Waals surface area contributed by atoms with Gasteiger partial charge in [-0.15, -0.1) is 0 Å². The second kappa shape index (κ2) is 5.90. The summed E-state index contributed by atoms with van der Waals surface area (Å²) in [6, 6.07) is 4.34. The Kier molecular flexibility index (Phi) is 4.22. The number of nitro groups is 1. The smallest absolute Gasteiger partial charge is 0.338 e. The van der Waals surface area contributed by atoms with Crippen LogP contribution in [0.15, 0.2) is 18.2 Å². The van der Waals surface area contributed by atoms with Crippen molar-refractivity contribution in [2.75, 3.05) is 11.9 Å². The molecule has 20 heavy (non-hydrogen) atoms. The molecule has 0 amide bonds. The molecular formula is C14H18N2O4. The van der Waals surface area contributed by atoms with Crippen molar-refractivity contribution < 1.29 is 14.8 Å². The number of benzene rings is 1. The van der Waals surface area contributed by atoms with Gasteiger partial charge in [0.25, 0.3) is 5.69 Å². The van der Waals surface area contributed by atoms with Gasteiger partial charge in [0.2, 0.25) is 0 Å². The van der Waals surface area contributed by atoms with Crippen molar-refractivity contribution in [2.45, 2.75) is 38.1 Å². The van der Waals surface area contributed by atoms with E-state index in [1.165, 1.54) is 18.6 Å². The Morgan fingerprint density at radius 2 is 2.00 bits per heavy atom. The highest BCUT2D eigenvalue weighted by atomic mass is 16.6. The molecule has 1 N–H and O–H groups in total. The third-order valence-electron chi connectivity index (χ3n) is 3.92. The van der Waals surface area contributed by atoms with E-state index in [-0.39, 0.29) is 11.3 Å². The fourth-order valence-corrected chi connectivity index (χ4v) is 2.78. The minimum Gasteiger partial charge on any atom is -0.478 e. The molecule has 1 aromatic carbocycles. The average Bonchev–Trinajstić information content (AvgIpc) is 2.46. The number of hydrogen-bond donors (Lipinski definition) is 1. The van der Waals surface area contributed by atoms with E-state index in [4.69, 9.17) is 0 Å². The maximum Gasteiger partial charge on any atom is 0.338 e. The zero-order valence-corrected chi connectivity index (χ0v) is 11.4. The molecule has 108 valence electrons. The first kappa shape index (κ1) is 14.3. The van der Waals surface area contributed by atoms with Crippen LogP contribution >= 0.6 is 0 Å². The number of carboxylic acid groups (broad SMARTS) is 1. The van der Waals surface area contributed by atoms with E-state index in [2.05, 4.69) is 0 Å². The summed E-state index contributed by atoms with van der Waals surface area (Å²) in [6.07, 6.45) is 5.57. The lowest BCUT2D eigenvalue weighted by Crippen LogP contribution is -2.34. The Morgan fingerprint density at radius 3 is 2.55 bits per heavy atom. The normalized spacial score (nSPS) is 15.8. The molecule has 0 aromatic heterocycles. The predicted octanol–water partition coefficient (Wildman–Crippen LogP) is 3.06. The van der Waals surface area contributed by atoms with Crippen molar-refractivity contribution in [1.82, 2.24) is 0 Å². The summed E-state index contributed by atoms with van der Waals surface area (Å²) in [5.41, 5.74) is 0.352. The van der Waals surface area contributed by atoms with E-state index in [1.54, 1.807) is 0 Å². The number of rotatable bonds is 4. The summed E-state index contributed by atoms with van der Waals surface area (Å²) >= 11 is 0. The lowest BCUT2D eigenvalue weighted by atomic mass is 9.93.